The summed E-state index contributed by atoms with van der Waals surface area (Å²) in [5.41, 5.74) is 0. The number of hydrogen-bond acceptors (Lipinski definition) is 4. The van der Waals surface area contributed by atoms with Crippen LogP contribution < -0.4 is 0 Å². The summed E-state index contributed by atoms with van der Waals surface area (Å²) < 4.78 is 0. The zero-order chi connectivity index (χ0) is 11.2. The van der Waals surface area contributed by atoms with Gasteiger partial charge < -0.3 is 20.4 Å². The van der Waals surface area contributed by atoms with Crippen LogP contribution in [0.15, 0.2) is 0 Å². The molecule has 0 atom stereocenters. The van der Waals surface area contributed by atoms with Crippen LogP contribution >= 0.6 is 0 Å². The second-order valence-electron chi connectivity index (χ2n) is 3.13. The Morgan fingerprint density at radius 2 is 1.36 bits per heavy atom. The van der Waals surface area contributed by atoms with E-state index < -0.39 is 6.29 Å². The number of unbranched alkanes of at least 4 members (excludes halogenated alkanes) is 3. The van der Waals surface area contributed by atoms with E-state index >= 15 is 0 Å². The van der Waals surface area contributed by atoms with E-state index in [4.69, 9.17) is 20.4 Å². The molecule has 0 aliphatic carbocycles. The molecular weight excluding hydrogens is 184 g/mol. The first kappa shape index (κ1) is 16.3. The summed E-state index contributed by atoms with van der Waals surface area (Å²) in [6, 6.07) is 0. The Hall–Kier alpha value is -0.160. The van der Waals surface area contributed by atoms with Crippen LogP contribution in [0, 0.1) is 0 Å². The standard InChI is InChI=1S/2C5H12O2/c1-2-3-4-5(6)7;6-4-2-1-3-5-7/h5-7H,2-4H2,1H3;6-7H,1-5H2. The predicted molar refractivity (Wildman–Crippen MR) is 55.8 cm³/mol. The summed E-state index contributed by atoms with van der Waals surface area (Å²) in [5.74, 6) is 0. The lowest BCUT2D eigenvalue weighted by atomic mass is 10.2. The Bertz CT molecular complexity index is 82.2. The van der Waals surface area contributed by atoms with Crippen LogP contribution in [0.1, 0.15) is 45.4 Å². The zero-order valence-corrected chi connectivity index (χ0v) is 9.02. The highest BCUT2D eigenvalue weighted by molar-refractivity contribution is 4.36. The molecule has 0 aliphatic rings. The molecule has 0 unspecified atom stereocenters. The first-order valence-corrected chi connectivity index (χ1v) is 5.26. The first-order chi connectivity index (χ1) is 6.68. The van der Waals surface area contributed by atoms with Gasteiger partial charge in [0.15, 0.2) is 6.29 Å². The van der Waals surface area contributed by atoms with Gasteiger partial charge in [0.25, 0.3) is 0 Å². The van der Waals surface area contributed by atoms with Crippen LogP contribution in [0.3, 0.4) is 0 Å². The minimum atomic E-state index is -1.10. The third-order valence-corrected chi connectivity index (χ3v) is 1.63. The van der Waals surface area contributed by atoms with Crippen LogP contribution in [0.4, 0.5) is 0 Å². The molecule has 4 nitrogen and oxygen atoms in total. The van der Waals surface area contributed by atoms with Gasteiger partial charge in [-0.15, -0.1) is 0 Å². The maximum Gasteiger partial charge on any atom is 0.151 e. The second kappa shape index (κ2) is 15.3. The van der Waals surface area contributed by atoms with Crippen molar-refractivity contribution in [1.29, 1.82) is 0 Å². The highest BCUT2D eigenvalue weighted by Crippen LogP contribution is 1.95. The van der Waals surface area contributed by atoms with Crippen molar-refractivity contribution in [3.63, 3.8) is 0 Å². The van der Waals surface area contributed by atoms with Crippen molar-refractivity contribution in [1.82, 2.24) is 0 Å². The van der Waals surface area contributed by atoms with Gasteiger partial charge in [-0.1, -0.05) is 13.3 Å². The molecule has 0 amide bonds. The summed E-state index contributed by atoms with van der Waals surface area (Å²) in [6.07, 6.45) is 3.92. The van der Waals surface area contributed by atoms with Crippen LogP contribution in [-0.2, 0) is 0 Å². The summed E-state index contributed by atoms with van der Waals surface area (Å²) in [7, 11) is 0. The van der Waals surface area contributed by atoms with E-state index in [1.54, 1.807) is 0 Å². The minimum Gasteiger partial charge on any atom is -0.396 e. The molecule has 0 aromatic carbocycles. The topological polar surface area (TPSA) is 80.9 Å². The molecule has 0 aromatic heterocycles. The lowest BCUT2D eigenvalue weighted by molar-refractivity contribution is -0.0463. The molecule has 0 bridgehead atoms. The summed E-state index contributed by atoms with van der Waals surface area (Å²) >= 11 is 0. The predicted octanol–water partition coefficient (Wildman–Crippen LogP) is 0.629. The number of aliphatic hydroxyl groups excluding tert-OH is 3. The Morgan fingerprint density at radius 1 is 0.857 bits per heavy atom. The fourth-order valence-electron chi connectivity index (χ4n) is 0.787. The average molecular weight is 208 g/mol. The van der Waals surface area contributed by atoms with E-state index in [1.807, 2.05) is 6.92 Å². The Labute approximate surface area is 86.2 Å². The van der Waals surface area contributed by atoms with Gasteiger partial charge in [-0.05, 0) is 32.1 Å². The highest BCUT2D eigenvalue weighted by Gasteiger charge is 1.92. The van der Waals surface area contributed by atoms with Gasteiger partial charge in [-0.2, -0.15) is 0 Å². The van der Waals surface area contributed by atoms with Gasteiger partial charge in [0.1, 0.15) is 0 Å². The van der Waals surface area contributed by atoms with E-state index in [0.29, 0.717) is 6.42 Å². The van der Waals surface area contributed by atoms with E-state index in [2.05, 4.69) is 0 Å². The lowest BCUT2D eigenvalue weighted by Crippen LogP contribution is -2.02. The van der Waals surface area contributed by atoms with Crippen molar-refractivity contribution >= 4 is 0 Å². The molecule has 0 radical (unpaired) electrons. The summed E-state index contributed by atoms with van der Waals surface area (Å²) in [5, 5.41) is 32.9. The fourth-order valence-corrected chi connectivity index (χ4v) is 0.787. The van der Waals surface area contributed by atoms with Gasteiger partial charge in [-0.25, -0.2) is 0 Å². The molecule has 0 spiro atoms. The van der Waals surface area contributed by atoms with Gasteiger partial charge in [0, 0.05) is 13.2 Å². The summed E-state index contributed by atoms with van der Waals surface area (Å²) in [6.45, 7) is 2.52. The molecule has 0 heterocycles. The molecule has 4 N–H and O–H groups in total. The van der Waals surface area contributed by atoms with Gasteiger partial charge in [-0.3, -0.25) is 0 Å². The Morgan fingerprint density at radius 3 is 1.57 bits per heavy atom. The van der Waals surface area contributed by atoms with E-state index in [-0.39, 0.29) is 13.2 Å². The smallest absolute Gasteiger partial charge is 0.151 e. The van der Waals surface area contributed by atoms with Crippen molar-refractivity contribution in [2.24, 2.45) is 0 Å². The van der Waals surface area contributed by atoms with Crippen LogP contribution in [0.2, 0.25) is 0 Å². The number of hydrogen-bond donors (Lipinski definition) is 4. The maximum absolute atomic E-state index is 8.24. The van der Waals surface area contributed by atoms with Crippen LogP contribution in [0.5, 0.6) is 0 Å². The molecule has 0 rings (SSSR count). The summed E-state index contributed by atoms with van der Waals surface area (Å²) in [4.78, 5) is 0. The molecule has 0 saturated carbocycles. The van der Waals surface area contributed by atoms with Crippen LogP contribution in [0.25, 0.3) is 0 Å². The van der Waals surface area contributed by atoms with Crippen molar-refractivity contribution < 1.29 is 20.4 Å². The third-order valence-electron chi connectivity index (χ3n) is 1.63. The SMILES string of the molecule is CCCCC(O)O.OCCCCCO. The van der Waals surface area contributed by atoms with Crippen molar-refractivity contribution in [3.05, 3.63) is 0 Å². The molecule has 4 heteroatoms. The van der Waals surface area contributed by atoms with Crippen molar-refractivity contribution in [3.8, 4) is 0 Å². The number of aliphatic hydroxyl groups is 4. The molecular formula is C10H24O4. The molecule has 14 heavy (non-hydrogen) atoms. The fraction of sp³-hybridized carbons (Fsp3) is 1.00. The largest absolute Gasteiger partial charge is 0.396 e. The minimum absolute atomic E-state index is 0.250. The average Bonchev–Trinajstić information content (AvgIpc) is 2.16. The lowest BCUT2D eigenvalue weighted by Gasteiger charge is -1.97. The highest BCUT2D eigenvalue weighted by atomic mass is 16.5. The Kier molecular flexibility index (Phi) is 17.8. The van der Waals surface area contributed by atoms with E-state index in [1.165, 1.54) is 0 Å². The third kappa shape index (κ3) is 22.6. The second-order valence-corrected chi connectivity index (χ2v) is 3.13. The van der Waals surface area contributed by atoms with E-state index in [9.17, 15) is 0 Å². The van der Waals surface area contributed by atoms with Crippen LogP contribution in [-0.4, -0.2) is 39.9 Å². The molecule has 88 valence electrons. The van der Waals surface area contributed by atoms with Gasteiger partial charge in [0.2, 0.25) is 0 Å². The number of rotatable bonds is 7. The quantitative estimate of drug-likeness (QED) is 0.365. The van der Waals surface area contributed by atoms with Gasteiger partial charge >= 0.3 is 0 Å². The van der Waals surface area contributed by atoms with Crippen molar-refractivity contribution in [2.45, 2.75) is 51.7 Å². The monoisotopic (exact) mass is 208 g/mol. The van der Waals surface area contributed by atoms with E-state index in [0.717, 1.165) is 32.1 Å². The van der Waals surface area contributed by atoms with Crippen molar-refractivity contribution in [2.75, 3.05) is 13.2 Å². The zero-order valence-electron chi connectivity index (χ0n) is 9.02. The van der Waals surface area contributed by atoms with Gasteiger partial charge in [0.05, 0.1) is 0 Å². The first-order valence-electron chi connectivity index (χ1n) is 5.26. The molecule has 0 fully saturated rings. The molecule has 0 aliphatic heterocycles. The maximum atomic E-state index is 8.24. The molecule has 0 aromatic rings. The Balaban J connectivity index is 0. The normalized spacial score (nSPS) is 9.86. The molecule has 0 saturated heterocycles.